The van der Waals surface area contributed by atoms with Crippen LogP contribution in [-0.2, 0) is 0 Å². The lowest BCUT2D eigenvalue weighted by molar-refractivity contribution is 0.321. The van der Waals surface area contributed by atoms with Crippen LogP contribution in [0.2, 0.25) is 0 Å². The van der Waals surface area contributed by atoms with Crippen LogP contribution >= 0.6 is 0 Å². The molecule has 0 aliphatic heterocycles. The van der Waals surface area contributed by atoms with Crippen molar-refractivity contribution in [2.75, 3.05) is 0 Å². The van der Waals surface area contributed by atoms with Crippen molar-refractivity contribution in [3.8, 4) is 11.5 Å². The van der Waals surface area contributed by atoms with E-state index in [1.165, 1.54) is 0 Å². The Hall–Kier alpha value is -2.57. The van der Waals surface area contributed by atoms with Crippen molar-refractivity contribution in [1.29, 1.82) is 0 Å². The van der Waals surface area contributed by atoms with Crippen LogP contribution in [0, 0.1) is 6.92 Å². The maximum atomic E-state index is 5.34. The minimum atomic E-state index is -0.0651. The zero-order valence-electron chi connectivity index (χ0n) is 11.3. The molecule has 0 radical (unpaired) electrons. The highest BCUT2D eigenvalue weighted by atomic mass is 16.5. The summed E-state index contributed by atoms with van der Waals surface area (Å²) in [6, 6.07) is 5.49. The number of aromatic nitrogens is 6. The lowest BCUT2D eigenvalue weighted by Gasteiger charge is -2.09. The second-order valence-electron chi connectivity index (χ2n) is 4.43. The standard InChI is InChI=1S/C13H14N6O/c1-3-11(19-8-4-7-14-19)13-15-12(18-20-13)10-6-5-9(2)16-17-10/h4-8,11H,3H2,1-2H3/t11-/m1/s1. The molecule has 3 aromatic rings. The van der Waals surface area contributed by atoms with Gasteiger partial charge in [-0.3, -0.25) is 4.68 Å². The minimum Gasteiger partial charge on any atom is -0.337 e. The fourth-order valence-electron chi connectivity index (χ4n) is 1.93. The topological polar surface area (TPSA) is 82.5 Å². The van der Waals surface area contributed by atoms with Gasteiger partial charge in [-0.05, 0) is 31.5 Å². The average Bonchev–Trinajstić information content (AvgIpc) is 3.12. The molecule has 3 heterocycles. The molecule has 0 aromatic carbocycles. The van der Waals surface area contributed by atoms with Crippen molar-refractivity contribution in [2.24, 2.45) is 0 Å². The van der Waals surface area contributed by atoms with Gasteiger partial charge in [0.25, 0.3) is 5.89 Å². The van der Waals surface area contributed by atoms with Gasteiger partial charge in [0.2, 0.25) is 5.82 Å². The Kier molecular flexibility index (Phi) is 3.24. The molecule has 0 saturated heterocycles. The summed E-state index contributed by atoms with van der Waals surface area (Å²) in [4.78, 5) is 4.40. The molecule has 102 valence electrons. The summed E-state index contributed by atoms with van der Waals surface area (Å²) in [6.07, 6.45) is 4.41. The minimum absolute atomic E-state index is 0.0651. The maximum Gasteiger partial charge on any atom is 0.251 e. The van der Waals surface area contributed by atoms with Gasteiger partial charge in [0.1, 0.15) is 11.7 Å². The summed E-state index contributed by atoms with van der Waals surface area (Å²) in [5, 5.41) is 16.2. The molecule has 20 heavy (non-hydrogen) atoms. The number of rotatable bonds is 4. The highest BCUT2D eigenvalue weighted by Crippen LogP contribution is 2.21. The Morgan fingerprint density at radius 1 is 1.30 bits per heavy atom. The first-order chi connectivity index (χ1) is 9.78. The van der Waals surface area contributed by atoms with Gasteiger partial charge in [-0.2, -0.15) is 15.2 Å². The van der Waals surface area contributed by atoms with Crippen LogP contribution in [0.15, 0.2) is 35.1 Å². The number of hydrogen-bond acceptors (Lipinski definition) is 6. The van der Waals surface area contributed by atoms with Crippen molar-refractivity contribution in [1.82, 2.24) is 30.1 Å². The van der Waals surface area contributed by atoms with Crippen LogP contribution in [0.1, 0.15) is 31.0 Å². The van der Waals surface area contributed by atoms with E-state index in [0.717, 1.165) is 12.1 Å². The molecule has 0 unspecified atom stereocenters. The molecule has 3 rings (SSSR count). The maximum absolute atomic E-state index is 5.34. The summed E-state index contributed by atoms with van der Waals surface area (Å²) < 4.78 is 7.14. The van der Waals surface area contributed by atoms with E-state index >= 15 is 0 Å². The summed E-state index contributed by atoms with van der Waals surface area (Å²) in [7, 11) is 0. The molecule has 3 aromatic heterocycles. The fraction of sp³-hybridized carbons (Fsp3) is 0.308. The summed E-state index contributed by atoms with van der Waals surface area (Å²) in [5.41, 5.74) is 1.45. The van der Waals surface area contributed by atoms with Gasteiger partial charge >= 0.3 is 0 Å². The molecular formula is C13H14N6O. The Morgan fingerprint density at radius 3 is 2.85 bits per heavy atom. The first-order valence-electron chi connectivity index (χ1n) is 6.41. The van der Waals surface area contributed by atoms with Crippen LogP contribution in [-0.4, -0.2) is 30.1 Å². The highest BCUT2D eigenvalue weighted by Gasteiger charge is 2.20. The van der Waals surface area contributed by atoms with E-state index in [2.05, 4.69) is 25.4 Å². The van der Waals surface area contributed by atoms with Gasteiger partial charge in [0.05, 0.1) is 5.69 Å². The van der Waals surface area contributed by atoms with Crippen molar-refractivity contribution in [3.63, 3.8) is 0 Å². The largest absolute Gasteiger partial charge is 0.337 e. The predicted molar refractivity (Wildman–Crippen MR) is 70.7 cm³/mol. The van der Waals surface area contributed by atoms with E-state index in [0.29, 0.717) is 17.4 Å². The predicted octanol–water partition coefficient (Wildman–Crippen LogP) is 2.03. The van der Waals surface area contributed by atoms with Gasteiger partial charge in [-0.1, -0.05) is 12.1 Å². The molecule has 0 amide bonds. The van der Waals surface area contributed by atoms with E-state index in [1.807, 2.05) is 38.2 Å². The van der Waals surface area contributed by atoms with E-state index in [4.69, 9.17) is 4.52 Å². The molecule has 1 atom stereocenters. The van der Waals surface area contributed by atoms with Crippen LogP contribution in [0.5, 0.6) is 0 Å². The second-order valence-corrected chi connectivity index (χ2v) is 4.43. The molecule has 0 spiro atoms. The van der Waals surface area contributed by atoms with Gasteiger partial charge in [0, 0.05) is 12.4 Å². The first kappa shape index (κ1) is 12.5. The zero-order chi connectivity index (χ0) is 13.9. The Labute approximate surface area is 115 Å². The van der Waals surface area contributed by atoms with Crippen LogP contribution in [0.25, 0.3) is 11.5 Å². The zero-order valence-corrected chi connectivity index (χ0v) is 11.3. The summed E-state index contributed by atoms with van der Waals surface area (Å²) in [6.45, 7) is 3.92. The molecule has 7 heteroatoms. The monoisotopic (exact) mass is 270 g/mol. The molecular weight excluding hydrogens is 256 g/mol. The van der Waals surface area contributed by atoms with Crippen LogP contribution in [0.4, 0.5) is 0 Å². The van der Waals surface area contributed by atoms with Crippen molar-refractivity contribution in [3.05, 3.63) is 42.2 Å². The number of nitrogens with zero attached hydrogens (tertiary/aromatic N) is 6. The molecule has 0 bridgehead atoms. The Balaban J connectivity index is 1.91. The smallest absolute Gasteiger partial charge is 0.251 e. The molecule has 0 N–H and O–H groups in total. The van der Waals surface area contributed by atoms with Crippen LogP contribution in [0.3, 0.4) is 0 Å². The Morgan fingerprint density at radius 2 is 2.20 bits per heavy atom. The molecule has 0 fully saturated rings. The quantitative estimate of drug-likeness (QED) is 0.721. The van der Waals surface area contributed by atoms with Gasteiger partial charge < -0.3 is 4.52 Å². The lowest BCUT2D eigenvalue weighted by Crippen LogP contribution is -2.10. The van der Waals surface area contributed by atoms with E-state index < -0.39 is 0 Å². The Bertz CT molecular complexity index is 673. The SMILES string of the molecule is CC[C@H](c1nc(-c2ccc(C)nn2)no1)n1cccn1. The van der Waals surface area contributed by atoms with Crippen LogP contribution < -0.4 is 0 Å². The molecule has 7 nitrogen and oxygen atoms in total. The van der Waals surface area contributed by atoms with Crippen molar-refractivity contribution >= 4 is 0 Å². The highest BCUT2D eigenvalue weighted by molar-refractivity contribution is 5.46. The first-order valence-corrected chi connectivity index (χ1v) is 6.41. The summed E-state index contributed by atoms with van der Waals surface area (Å²) >= 11 is 0. The average molecular weight is 270 g/mol. The third-order valence-electron chi connectivity index (χ3n) is 2.98. The third kappa shape index (κ3) is 2.29. The van der Waals surface area contributed by atoms with E-state index in [1.54, 1.807) is 10.9 Å². The van der Waals surface area contributed by atoms with E-state index in [-0.39, 0.29) is 6.04 Å². The number of aryl methyl sites for hydroxylation is 1. The molecule has 0 aliphatic carbocycles. The molecule has 0 aliphatic rings. The third-order valence-corrected chi connectivity index (χ3v) is 2.98. The van der Waals surface area contributed by atoms with Gasteiger partial charge in [-0.15, -0.1) is 5.10 Å². The normalized spacial score (nSPS) is 12.5. The van der Waals surface area contributed by atoms with Crippen molar-refractivity contribution < 1.29 is 4.52 Å². The van der Waals surface area contributed by atoms with Gasteiger partial charge in [0.15, 0.2) is 0 Å². The van der Waals surface area contributed by atoms with Gasteiger partial charge in [-0.25, -0.2) is 0 Å². The number of hydrogen-bond donors (Lipinski definition) is 0. The summed E-state index contributed by atoms with van der Waals surface area (Å²) in [5.74, 6) is 0.965. The fourth-order valence-corrected chi connectivity index (χ4v) is 1.93. The molecule has 0 saturated carbocycles. The lowest BCUT2D eigenvalue weighted by atomic mass is 10.2. The van der Waals surface area contributed by atoms with Crippen molar-refractivity contribution in [2.45, 2.75) is 26.3 Å². The van der Waals surface area contributed by atoms with E-state index in [9.17, 15) is 0 Å². The second kappa shape index (κ2) is 5.20.